The van der Waals surface area contributed by atoms with Crippen molar-refractivity contribution in [1.29, 1.82) is 0 Å². The third kappa shape index (κ3) is 3.46. The molecule has 0 bridgehead atoms. The van der Waals surface area contributed by atoms with Crippen LogP contribution in [-0.4, -0.2) is 22.6 Å². The monoisotopic (exact) mass is 209 g/mol. The number of amidine groups is 1. The highest BCUT2D eigenvalue weighted by molar-refractivity contribution is 5.95. The first-order chi connectivity index (χ1) is 7.13. The SMILES string of the molecule is CC(C)COc1cccc(C(N)=NO)n1. The number of oxime groups is 1. The van der Waals surface area contributed by atoms with Crippen LogP contribution in [0, 0.1) is 5.92 Å². The normalized spacial score (nSPS) is 11.8. The number of pyridine rings is 1. The summed E-state index contributed by atoms with van der Waals surface area (Å²) in [5.41, 5.74) is 5.80. The molecule has 1 aromatic rings. The lowest BCUT2D eigenvalue weighted by molar-refractivity contribution is 0.261. The highest BCUT2D eigenvalue weighted by Crippen LogP contribution is 2.08. The molecule has 3 N–H and O–H groups in total. The Bertz CT molecular complexity index is 350. The van der Waals surface area contributed by atoms with Crippen LogP contribution >= 0.6 is 0 Å². The van der Waals surface area contributed by atoms with Crippen LogP contribution < -0.4 is 10.5 Å². The Balaban J connectivity index is 2.74. The Kier molecular flexibility index (Phi) is 3.91. The van der Waals surface area contributed by atoms with Gasteiger partial charge in [0.1, 0.15) is 5.69 Å². The molecular weight excluding hydrogens is 194 g/mol. The van der Waals surface area contributed by atoms with Crippen molar-refractivity contribution in [3.63, 3.8) is 0 Å². The average Bonchev–Trinajstić information content (AvgIpc) is 2.25. The Morgan fingerprint density at radius 1 is 1.60 bits per heavy atom. The summed E-state index contributed by atoms with van der Waals surface area (Å²) in [5, 5.41) is 11.4. The second-order valence-electron chi connectivity index (χ2n) is 3.55. The molecule has 0 unspecified atom stereocenters. The van der Waals surface area contributed by atoms with Gasteiger partial charge in [0.2, 0.25) is 5.88 Å². The molecule has 0 aromatic carbocycles. The van der Waals surface area contributed by atoms with E-state index < -0.39 is 0 Å². The van der Waals surface area contributed by atoms with Crippen molar-refractivity contribution in [2.45, 2.75) is 13.8 Å². The van der Waals surface area contributed by atoms with Crippen molar-refractivity contribution < 1.29 is 9.94 Å². The predicted molar refractivity (Wildman–Crippen MR) is 57.1 cm³/mol. The molecule has 5 nitrogen and oxygen atoms in total. The summed E-state index contributed by atoms with van der Waals surface area (Å²) >= 11 is 0. The fourth-order valence-electron chi connectivity index (χ4n) is 0.941. The number of ether oxygens (including phenoxy) is 1. The quantitative estimate of drug-likeness (QED) is 0.338. The maximum absolute atomic E-state index is 8.48. The van der Waals surface area contributed by atoms with E-state index in [0.717, 1.165) is 0 Å². The predicted octanol–water partition coefficient (Wildman–Crippen LogP) is 1.21. The summed E-state index contributed by atoms with van der Waals surface area (Å²) in [6.07, 6.45) is 0. The third-order valence-corrected chi connectivity index (χ3v) is 1.66. The van der Waals surface area contributed by atoms with Crippen LogP contribution in [0.25, 0.3) is 0 Å². The molecule has 1 aromatic heterocycles. The summed E-state index contributed by atoms with van der Waals surface area (Å²) in [4.78, 5) is 4.08. The number of hydrogen-bond acceptors (Lipinski definition) is 4. The zero-order valence-electron chi connectivity index (χ0n) is 8.84. The molecule has 0 aliphatic heterocycles. The number of rotatable bonds is 4. The molecule has 0 amide bonds. The van der Waals surface area contributed by atoms with Crippen molar-refractivity contribution in [2.75, 3.05) is 6.61 Å². The summed E-state index contributed by atoms with van der Waals surface area (Å²) in [6.45, 7) is 4.69. The summed E-state index contributed by atoms with van der Waals surface area (Å²) < 4.78 is 5.40. The van der Waals surface area contributed by atoms with Gasteiger partial charge in [-0.1, -0.05) is 25.1 Å². The summed E-state index contributed by atoms with van der Waals surface area (Å²) in [5.74, 6) is 0.886. The second-order valence-corrected chi connectivity index (χ2v) is 3.55. The smallest absolute Gasteiger partial charge is 0.213 e. The largest absolute Gasteiger partial charge is 0.477 e. The van der Waals surface area contributed by atoms with Crippen LogP contribution in [0.3, 0.4) is 0 Å². The number of nitrogens with zero attached hydrogens (tertiary/aromatic N) is 2. The average molecular weight is 209 g/mol. The van der Waals surface area contributed by atoms with Crippen molar-refractivity contribution in [3.05, 3.63) is 23.9 Å². The van der Waals surface area contributed by atoms with Gasteiger partial charge in [-0.15, -0.1) is 0 Å². The molecule has 0 radical (unpaired) electrons. The molecule has 0 saturated heterocycles. The van der Waals surface area contributed by atoms with Crippen molar-refractivity contribution in [2.24, 2.45) is 16.8 Å². The van der Waals surface area contributed by atoms with E-state index in [0.29, 0.717) is 24.1 Å². The minimum Gasteiger partial charge on any atom is -0.477 e. The Hall–Kier alpha value is -1.78. The van der Waals surface area contributed by atoms with Gasteiger partial charge in [-0.25, -0.2) is 4.98 Å². The van der Waals surface area contributed by atoms with Crippen molar-refractivity contribution in [3.8, 4) is 5.88 Å². The van der Waals surface area contributed by atoms with Gasteiger partial charge in [0, 0.05) is 6.07 Å². The molecule has 1 rings (SSSR count). The molecule has 0 atom stereocenters. The van der Waals surface area contributed by atoms with E-state index in [-0.39, 0.29) is 5.84 Å². The molecule has 0 aliphatic carbocycles. The Morgan fingerprint density at radius 3 is 2.93 bits per heavy atom. The van der Waals surface area contributed by atoms with Crippen LogP contribution in [0.4, 0.5) is 0 Å². The molecule has 82 valence electrons. The third-order valence-electron chi connectivity index (χ3n) is 1.66. The fourth-order valence-corrected chi connectivity index (χ4v) is 0.941. The van der Waals surface area contributed by atoms with E-state index in [1.54, 1.807) is 18.2 Å². The lowest BCUT2D eigenvalue weighted by Gasteiger charge is -2.08. The van der Waals surface area contributed by atoms with Crippen LogP contribution in [0.15, 0.2) is 23.4 Å². The van der Waals surface area contributed by atoms with Crippen LogP contribution in [0.1, 0.15) is 19.5 Å². The van der Waals surface area contributed by atoms with Crippen LogP contribution in [0.2, 0.25) is 0 Å². The number of aromatic nitrogens is 1. The highest BCUT2D eigenvalue weighted by Gasteiger charge is 2.03. The second kappa shape index (κ2) is 5.19. The zero-order chi connectivity index (χ0) is 11.3. The Labute approximate surface area is 88.6 Å². The molecular formula is C10H15N3O2. The molecule has 0 fully saturated rings. The van der Waals surface area contributed by atoms with E-state index >= 15 is 0 Å². The molecule has 0 saturated carbocycles. The first-order valence-corrected chi connectivity index (χ1v) is 4.71. The van der Waals surface area contributed by atoms with Crippen molar-refractivity contribution in [1.82, 2.24) is 4.98 Å². The molecule has 0 spiro atoms. The van der Waals surface area contributed by atoms with Crippen LogP contribution in [-0.2, 0) is 0 Å². The Morgan fingerprint density at radius 2 is 2.33 bits per heavy atom. The maximum atomic E-state index is 8.48. The van der Waals surface area contributed by atoms with E-state index in [2.05, 4.69) is 10.1 Å². The standard InChI is InChI=1S/C10H15N3O2/c1-7(2)6-15-9-5-3-4-8(12-9)10(11)13-14/h3-5,7,14H,6H2,1-2H3,(H2,11,13). The lowest BCUT2D eigenvalue weighted by Crippen LogP contribution is -2.15. The number of nitrogens with two attached hydrogens (primary N) is 1. The minimum absolute atomic E-state index is 0.0232. The van der Waals surface area contributed by atoms with E-state index in [9.17, 15) is 0 Å². The van der Waals surface area contributed by atoms with Gasteiger partial charge in [0.05, 0.1) is 6.61 Å². The summed E-state index contributed by atoms with van der Waals surface area (Å²) in [7, 11) is 0. The minimum atomic E-state index is -0.0232. The van der Waals surface area contributed by atoms with Gasteiger partial charge >= 0.3 is 0 Å². The van der Waals surface area contributed by atoms with Crippen LogP contribution in [0.5, 0.6) is 5.88 Å². The van der Waals surface area contributed by atoms with E-state index in [1.807, 2.05) is 13.8 Å². The molecule has 1 heterocycles. The molecule has 0 aliphatic rings. The van der Waals surface area contributed by atoms with E-state index in [4.69, 9.17) is 15.7 Å². The van der Waals surface area contributed by atoms with Gasteiger partial charge < -0.3 is 15.7 Å². The van der Waals surface area contributed by atoms with E-state index in [1.165, 1.54) is 0 Å². The maximum Gasteiger partial charge on any atom is 0.213 e. The first kappa shape index (κ1) is 11.3. The topological polar surface area (TPSA) is 80.7 Å². The fraction of sp³-hybridized carbons (Fsp3) is 0.400. The number of hydrogen-bond donors (Lipinski definition) is 2. The van der Waals surface area contributed by atoms with Gasteiger partial charge in [0.25, 0.3) is 0 Å². The highest BCUT2D eigenvalue weighted by atomic mass is 16.5. The molecule has 15 heavy (non-hydrogen) atoms. The van der Waals surface area contributed by atoms with Gasteiger partial charge in [-0.05, 0) is 12.0 Å². The first-order valence-electron chi connectivity index (χ1n) is 4.71. The lowest BCUT2D eigenvalue weighted by atomic mass is 10.2. The molecule has 5 heteroatoms. The van der Waals surface area contributed by atoms with Gasteiger partial charge in [0.15, 0.2) is 5.84 Å². The zero-order valence-corrected chi connectivity index (χ0v) is 8.84. The van der Waals surface area contributed by atoms with Crippen molar-refractivity contribution >= 4 is 5.84 Å². The summed E-state index contributed by atoms with van der Waals surface area (Å²) in [6, 6.07) is 5.13. The van der Waals surface area contributed by atoms with Gasteiger partial charge in [-0.2, -0.15) is 0 Å². The van der Waals surface area contributed by atoms with Gasteiger partial charge in [-0.3, -0.25) is 0 Å².